The molecular weight excluding hydrogens is 339 g/mol. The number of imide groups is 1. The molecule has 1 N–H and O–H groups in total. The first-order valence-electron chi connectivity index (χ1n) is 7.76. The maximum Gasteiger partial charge on any atom is 0.295 e. The molecule has 3 rings (SSSR count). The number of carbonyl (C=O) groups excluding carboxylic acids is 2. The van der Waals surface area contributed by atoms with Gasteiger partial charge < -0.3 is 5.32 Å². The van der Waals surface area contributed by atoms with Gasteiger partial charge in [-0.05, 0) is 61.0 Å². The largest absolute Gasteiger partial charge is 0.367 e. The highest BCUT2D eigenvalue weighted by Crippen LogP contribution is 2.32. The second kappa shape index (κ2) is 7.11. The van der Waals surface area contributed by atoms with E-state index in [0.717, 1.165) is 28.6 Å². The Morgan fingerprint density at radius 1 is 1.12 bits per heavy atom. The average Bonchev–Trinajstić information content (AvgIpc) is 2.83. The molecule has 1 saturated heterocycles. The first kappa shape index (κ1) is 17.2. The van der Waals surface area contributed by atoms with Gasteiger partial charge in [-0.1, -0.05) is 29.8 Å². The summed E-state index contributed by atoms with van der Waals surface area (Å²) in [6, 6.07) is 11.7. The molecule has 2 aromatic carbocycles. The monoisotopic (exact) mass is 356 g/mol. The molecule has 0 spiro atoms. The van der Waals surface area contributed by atoms with Crippen LogP contribution in [-0.4, -0.2) is 22.7 Å². The molecule has 25 heavy (non-hydrogen) atoms. The molecule has 0 bridgehead atoms. The molecule has 0 aromatic heterocycles. The number of halogens is 1. The molecule has 1 aliphatic heterocycles. The summed E-state index contributed by atoms with van der Waals surface area (Å²) in [5.41, 5.74) is 3.76. The van der Waals surface area contributed by atoms with Crippen LogP contribution in [0.1, 0.15) is 16.7 Å². The van der Waals surface area contributed by atoms with E-state index in [1.807, 2.05) is 32.0 Å². The lowest BCUT2D eigenvalue weighted by atomic mass is 10.1. The van der Waals surface area contributed by atoms with Crippen LogP contribution in [0.4, 0.5) is 14.9 Å². The topological polar surface area (TPSA) is 49.4 Å². The Kier molecular flexibility index (Phi) is 4.90. The number of rotatable bonds is 4. The van der Waals surface area contributed by atoms with Crippen LogP contribution >= 0.6 is 11.8 Å². The first-order chi connectivity index (χ1) is 11.9. The summed E-state index contributed by atoms with van der Waals surface area (Å²) >= 11 is 0.887. The lowest BCUT2D eigenvalue weighted by Crippen LogP contribution is -2.33. The van der Waals surface area contributed by atoms with Gasteiger partial charge in [0.2, 0.25) is 0 Å². The van der Waals surface area contributed by atoms with Crippen LogP contribution in [0.15, 0.2) is 47.4 Å². The third-order valence-corrected chi connectivity index (χ3v) is 4.76. The first-order valence-corrected chi connectivity index (χ1v) is 8.58. The normalized spacial score (nSPS) is 16.0. The minimum absolute atomic E-state index is 0.106. The van der Waals surface area contributed by atoms with E-state index in [-0.39, 0.29) is 23.6 Å². The van der Waals surface area contributed by atoms with E-state index in [1.54, 1.807) is 18.2 Å². The summed E-state index contributed by atoms with van der Waals surface area (Å²) in [6.45, 7) is 4.08. The number of hydrogen-bond donors (Lipinski definition) is 1. The number of nitrogens with one attached hydrogen (secondary N) is 1. The van der Waals surface area contributed by atoms with Gasteiger partial charge in [0.1, 0.15) is 5.82 Å². The van der Waals surface area contributed by atoms with Gasteiger partial charge in [0.25, 0.3) is 11.1 Å². The average molecular weight is 356 g/mol. The van der Waals surface area contributed by atoms with Gasteiger partial charge in [-0.25, -0.2) is 4.39 Å². The molecule has 1 aliphatic rings. The zero-order valence-electron chi connectivity index (χ0n) is 13.9. The van der Waals surface area contributed by atoms with Gasteiger partial charge in [-0.2, -0.15) is 0 Å². The predicted octanol–water partition coefficient (Wildman–Crippen LogP) is 4.55. The SMILES string of the molecule is Cc1ccc(NCN2C(=O)S/C(=C/c3ccc(F)cc3)C2=O)c(C)c1. The summed E-state index contributed by atoms with van der Waals surface area (Å²) in [4.78, 5) is 26.1. The molecule has 0 radical (unpaired) electrons. The molecule has 0 unspecified atom stereocenters. The van der Waals surface area contributed by atoms with Crippen molar-refractivity contribution in [1.82, 2.24) is 4.90 Å². The maximum atomic E-state index is 13.0. The van der Waals surface area contributed by atoms with Crippen molar-refractivity contribution in [2.24, 2.45) is 0 Å². The second-order valence-electron chi connectivity index (χ2n) is 5.81. The molecule has 128 valence electrons. The van der Waals surface area contributed by atoms with Crippen LogP contribution in [0, 0.1) is 19.7 Å². The summed E-state index contributed by atoms with van der Waals surface area (Å²) in [7, 11) is 0. The molecule has 0 saturated carbocycles. The zero-order chi connectivity index (χ0) is 18.0. The van der Waals surface area contributed by atoms with Crippen molar-refractivity contribution in [1.29, 1.82) is 0 Å². The van der Waals surface area contributed by atoms with Crippen molar-refractivity contribution in [2.45, 2.75) is 13.8 Å². The molecule has 0 atom stereocenters. The Morgan fingerprint density at radius 2 is 1.84 bits per heavy atom. The van der Waals surface area contributed by atoms with Crippen LogP contribution in [0.3, 0.4) is 0 Å². The van der Waals surface area contributed by atoms with Crippen LogP contribution in [0.25, 0.3) is 6.08 Å². The quantitative estimate of drug-likeness (QED) is 0.817. The fourth-order valence-corrected chi connectivity index (χ4v) is 3.36. The van der Waals surface area contributed by atoms with Crippen LogP contribution < -0.4 is 5.32 Å². The van der Waals surface area contributed by atoms with Gasteiger partial charge in [-0.3, -0.25) is 14.5 Å². The Hall–Kier alpha value is -2.60. The number of anilines is 1. The van der Waals surface area contributed by atoms with E-state index in [2.05, 4.69) is 5.32 Å². The van der Waals surface area contributed by atoms with Gasteiger partial charge >= 0.3 is 0 Å². The molecule has 2 amide bonds. The highest BCUT2D eigenvalue weighted by Gasteiger charge is 2.34. The summed E-state index contributed by atoms with van der Waals surface area (Å²) < 4.78 is 13.0. The van der Waals surface area contributed by atoms with Gasteiger partial charge in [-0.15, -0.1) is 0 Å². The number of carbonyl (C=O) groups is 2. The second-order valence-corrected chi connectivity index (χ2v) is 6.81. The molecule has 1 heterocycles. The zero-order valence-corrected chi connectivity index (χ0v) is 14.7. The maximum absolute atomic E-state index is 13.0. The summed E-state index contributed by atoms with van der Waals surface area (Å²) in [5, 5.41) is 2.81. The molecule has 2 aromatic rings. The number of hydrogen-bond acceptors (Lipinski definition) is 4. The number of amides is 2. The Bertz CT molecular complexity index is 862. The highest BCUT2D eigenvalue weighted by molar-refractivity contribution is 8.18. The molecule has 6 heteroatoms. The smallest absolute Gasteiger partial charge is 0.295 e. The van der Waals surface area contributed by atoms with Gasteiger partial charge in [0.05, 0.1) is 11.6 Å². The number of benzene rings is 2. The molecular formula is C19H17FN2O2S. The molecule has 4 nitrogen and oxygen atoms in total. The number of aryl methyl sites for hydroxylation is 2. The van der Waals surface area contributed by atoms with Crippen molar-refractivity contribution in [3.05, 3.63) is 69.9 Å². The number of nitrogens with zero attached hydrogens (tertiary/aromatic N) is 1. The van der Waals surface area contributed by atoms with E-state index in [9.17, 15) is 14.0 Å². The van der Waals surface area contributed by atoms with Crippen molar-refractivity contribution in [3.63, 3.8) is 0 Å². The van der Waals surface area contributed by atoms with Crippen molar-refractivity contribution < 1.29 is 14.0 Å². The minimum Gasteiger partial charge on any atom is -0.367 e. The van der Waals surface area contributed by atoms with E-state index in [4.69, 9.17) is 0 Å². The van der Waals surface area contributed by atoms with Crippen LogP contribution in [-0.2, 0) is 4.79 Å². The van der Waals surface area contributed by atoms with E-state index in [1.165, 1.54) is 17.0 Å². The number of thioether (sulfide) groups is 1. The van der Waals surface area contributed by atoms with Crippen LogP contribution in [0.5, 0.6) is 0 Å². The highest BCUT2D eigenvalue weighted by atomic mass is 32.2. The molecule has 0 aliphatic carbocycles. The van der Waals surface area contributed by atoms with Crippen LogP contribution in [0.2, 0.25) is 0 Å². The van der Waals surface area contributed by atoms with Gasteiger partial charge in [0, 0.05) is 5.69 Å². The fourth-order valence-electron chi connectivity index (χ4n) is 2.52. The Balaban J connectivity index is 1.72. The predicted molar refractivity (Wildman–Crippen MR) is 98.6 cm³/mol. The van der Waals surface area contributed by atoms with E-state index >= 15 is 0 Å². The molecule has 1 fully saturated rings. The van der Waals surface area contributed by atoms with Crippen molar-refractivity contribution >= 4 is 34.7 Å². The lowest BCUT2D eigenvalue weighted by molar-refractivity contribution is -0.122. The Labute approximate surface area is 149 Å². The lowest BCUT2D eigenvalue weighted by Gasteiger charge is -2.16. The van der Waals surface area contributed by atoms with E-state index < -0.39 is 0 Å². The van der Waals surface area contributed by atoms with Gasteiger partial charge in [0.15, 0.2) is 0 Å². The Morgan fingerprint density at radius 3 is 2.52 bits per heavy atom. The third kappa shape index (κ3) is 3.91. The van der Waals surface area contributed by atoms with Crippen molar-refractivity contribution in [2.75, 3.05) is 12.0 Å². The fraction of sp³-hybridized carbons (Fsp3) is 0.158. The summed E-state index contributed by atoms with van der Waals surface area (Å²) in [5.74, 6) is -0.695. The van der Waals surface area contributed by atoms with Crippen molar-refractivity contribution in [3.8, 4) is 0 Å². The summed E-state index contributed by atoms with van der Waals surface area (Å²) in [6.07, 6.45) is 1.60. The standard InChI is InChI=1S/C19H17FN2O2S/c1-12-3-8-16(13(2)9-12)21-11-22-18(23)17(25-19(22)24)10-14-4-6-15(20)7-5-14/h3-10,21H,11H2,1-2H3/b17-10+. The van der Waals surface area contributed by atoms with E-state index in [0.29, 0.717) is 10.5 Å². The minimum atomic E-state index is -0.350. The third-order valence-electron chi connectivity index (χ3n) is 3.85.